The lowest BCUT2D eigenvalue weighted by molar-refractivity contribution is -0.384. The topological polar surface area (TPSA) is 118 Å². The predicted molar refractivity (Wildman–Crippen MR) is 119 cm³/mol. The van der Waals surface area contributed by atoms with Crippen molar-refractivity contribution in [2.75, 3.05) is 10.0 Å². The normalized spacial score (nSPS) is 11.3. The van der Waals surface area contributed by atoms with Gasteiger partial charge in [0, 0.05) is 34.6 Å². The van der Waals surface area contributed by atoms with Crippen molar-refractivity contribution in [3.63, 3.8) is 0 Å². The number of nitrogens with zero attached hydrogens (tertiary/aromatic N) is 1. The zero-order valence-electron chi connectivity index (χ0n) is 15.9. The molecule has 3 aromatic rings. The zero-order chi connectivity index (χ0) is 22.4. The molecule has 0 saturated heterocycles. The van der Waals surface area contributed by atoms with Crippen molar-refractivity contribution in [2.24, 2.45) is 0 Å². The second kappa shape index (κ2) is 9.41. The molecule has 0 aliphatic carbocycles. The van der Waals surface area contributed by atoms with Crippen molar-refractivity contribution in [1.29, 1.82) is 0 Å². The Labute approximate surface area is 183 Å². The molecule has 0 heterocycles. The Morgan fingerprint density at radius 3 is 2.06 bits per heavy atom. The summed E-state index contributed by atoms with van der Waals surface area (Å²) in [6, 6.07) is 17.6. The molecule has 0 atom stereocenters. The van der Waals surface area contributed by atoms with E-state index >= 15 is 0 Å². The quantitative estimate of drug-likeness (QED) is 0.303. The van der Waals surface area contributed by atoms with E-state index in [1.807, 2.05) is 0 Å². The first kappa shape index (κ1) is 22.0. The second-order valence-electron chi connectivity index (χ2n) is 6.31. The molecule has 8 nitrogen and oxygen atoms in total. The van der Waals surface area contributed by atoms with Gasteiger partial charge in [-0.05, 0) is 72.3 Å². The minimum absolute atomic E-state index is 0.0295. The van der Waals surface area contributed by atoms with Gasteiger partial charge < -0.3 is 5.32 Å². The number of sulfonamides is 1. The van der Waals surface area contributed by atoms with E-state index in [9.17, 15) is 23.3 Å². The number of nitrogens with one attached hydrogen (secondary N) is 2. The number of nitro groups is 1. The largest absolute Gasteiger partial charge is 0.323 e. The second-order valence-corrected chi connectivity index (χ2v) is 8.43. The lowest BCUT2D eigenvalue weighted by atomic mass is 10.2. The highest BCUT2D eigenvalue weighted by molar-refractivity contribution is 7.92. The number of carbonyl (C=O) groups excluding carboxylic acids is 1. The SMILES string of the molecule is O=C(/C=C/c1ccc([N+](=O)[O-])cc1)Nc1ccc(S(=O)(=O)Nc2ccc(Cl)cc2)cc1. The minimum atomic E-state index is -3.80. The molecule has 0 aliphatic rings. The number of carbonyl (C=O) groups is 1. The number of benzene rings is 3. The van der Waals surface area contributed by atoms with Gasteiger partial charge >= 0.3 is 0 Å². The highest BCUT2D eigenvalue weighted by atomic mass is 35.5. The van der Waals surface area contributed by atoms with Crippen molar-refractivity contribution in [3.05, 3.63) is 99.6 Å². The van der Waals surface area contributed by atoms with Gasteiger partial charge in [-0.3, -0.25) is 19.6 Å². The van der Waals surface area contributed by atoms with Gasteiger partial charge in [0.2, 0.25) is 5.91 Å². The molecule has 0 aliphatic heterocycles. The predicted octanol–water partition coefficient (Wildman–Crippen LogP) is 4.70. The van der Waals surface area contributed by atoms with Crippen molar-refractivity contribution in [3.8, 4) is 0 Å². The molecule has 158 valence electrons. The van der Waals surface area contributed by atoms with Crippen LogP contribution in [-0.4, -0.2) is 19.2 Å². The maximum Gasteiger partial charge on any atom is 0.269 e. The first-order valence-corrected chi connectivity index (χ1v) is 10.7. The molecule has 0 saturated carbocycles. The van der Waals surface area contributed by atoms with Crippen LogP contribution in [0.2, 0.25) is 5.02 Å². The molecule has 0 bridgehead atoms. The van der Waals surface area contributed by atoms with E-state index in [4.69, 9.17) is 11.6 Å². The number of nitro benzene ring substituents is 1. The fourth-order valence-corrected chi connectivity index (χ4v) is 3.70. The summed E-state index contributed by atoms with van der Waals surface area (Å²) in [5.41, 5.74) is 1.36. The summed E-state index contributed by atoms with van der Waals surface area (Å²) in [5, 5.41) is 13.8. The van der Waals surface area contributed by atoms with Crippen LogP contribution in [0.15, 0.2) is 83.8 Å². The average Bonchev–Trinajstić information content (AvgIpc) is 2.74. The van der Waals surface area contributed by atoms with E-state index in [0.29, 0.717) is 22.0 Å². The van der Waals surface area contributed by atoms with Crippen LogP contribution < -0.4 is 10.0 Å². The maximum atomic E-state index is 12.5. The van der Waals surface area contributed by atoms with E-state index in [2.05, 4.69) is 10.0 Å². The van der Waals surface area contributed by atoms with Gasteiger partial charge in [0.1, 0.15) is 0 Å². The Morgan fingerprint density at radius 2 is 1.48 bits per heavy atom. The lowest BCUT2D eigenvalue weighted by Gasteiger charge is -2.09. The molecule has 0 fully saturated rings. The summed E-state index contributed by atoms with van der Waals surface area (Å²) in [6.45, 7) is 0. The maximum absolute atomic E-state index is 12.5. The van der Waals surface area contributed by atoms with E-state index in [-0.39, 0.29) is 10.6 Å². The van der Waals surface area contributed by atoms with Crippen LogP contribution >= 0.6 is 11.6 Å². The third kappa shape index (κ3) is 6.14. The monoisotopic (exact) mass is 457 g/mol. The van der Waals surface area contributed by atoms with Crippen LogP contribution in [0.1, 0.15) is 5.56 Å². The number of non-ortho nitro benzene ring substituents is 1. The summed E-state index contributed by atoms with van der Waals surface area (Å²) in [6.07, 6.45) is 2.78. The molecule has 0 radical (unpaired) electrons. The Balaban J connectivity index is 1.62. The number of amides is 1. The van der Waals surface area contributed by atoms with Crippen molar-refractivity contribution in [2.45, 2.75) is 4.90 Å². The van der Waals surface area contributed by atoms with E-state index in [0.717, 1.165) is 0 Å². The van der Waals surface area contributed by atoms with Crippen LogP contribution in [0.4, 0.5) is 17.1 Å². The highest BCUT2D eigenvalue weighted by Gasteiger charge is 2.14. The molecule has 0 unspecified atom stereocenters. The number of anilines is 2. The van der Waals surface area contributed by atoms with E-state index in [1.165, 1.54) is 60.7 Å². The van der Waals surface area contributed by atoms with E-state index in [1.54, 1.807) is 24.3 Å². The fraction of sp³-hybridized carbons (Fsp3) is 0. The highest BCUT2D eigenvalue weighted by Crippen LogP contribution is 2.20. The van der Waals surface area contributed by atoms with E-state index < -0.39 is 20.9 Å². The number of hydrogen-bond donors (Lipinski definition) is 2. The summed E-state index contributed by atoms with van der Waals surface area (Å²) < 4.78 is 27.4. The minimum Gasteiger partial charge on any atom is -0.323 e. The van der Waals surface area contributed by atoms with Gasteiger partial charge in [-0.25, -0.2) is 8.42 Å². The summed E-state index contributed by atoms with van der Waals surface area (Å²) in [5.74, 6) is -0.437. The zero-order valence-corrected chi connectivity index (χ0v) is 17.4. The Kier molecular flexibility index (Phi) is 6.68. The third-order valence-electron chi connectivity index (χ3n) is 4.06. The fourth-order valence-electron chi connectivity index (χ4n) is 2.51. The smallest absolute Gasteiger partial charge is 0.269 e. The number of hydrogen-bond acceptors (Lipinski definition) is 5. The third-order valence-corrected chi connectivity index (χ3v) is 5.71. The first-order chi connectivity index (χ1) is 14.7. The van der Waals surface area contributed by atoms with Crippen LogP contribution in [-0.2, 0) is 14.8 Å². The summed E-state index contributed by atoms with van der Waals surface area (Å²) in [4.78, 5) is 22.2. The molecular formula is C21H16ClN3O5S. The van der Waals surface area contributed by atoms with Crippen molar-refractivity contribution >= 4 is 50.7 Å². The average molecular weight is 458 g/mol. The number of halogens is 1. The standard InChI is InChI=1S/C21H16ClN3O5S/c22-16-4-6-18(7-5-16)24-31(29,30)20-12-8-17(9-13-20)23-21(26)14-3-15-1-10-19(11-2-15)25(27)28/h1-14,24H,(H,23,26)/b14-3+. The molecule has 10 heteroatoms. The summed E-state index contributed by atoms with van der Waals surface area (Å²) >= 11 is 5.79. The van der Waals surface area contributed by atoms with Gasteiger partial charge in [0.05, 0.1) is 9.82 Å². The molecule has 2 N–H and O–H groups in total. The van der Waals surface area contributed by atoms with Crippen LogP contribution in [0.5, 0.6) is 0 Å². The number of rotatable bonds is 7. The van der Waals surface area contributed by atoms with Gasteiger partial charge in [-0.2, -0.15) is 0 Å². The van der Waals surface area contributed by atoms with Gasteiger partial charge in [-0.1, -0.05) is 11.6 Å². The molecule has 31 heavy (non-hydrogen) atoms. The molecular weight excluding hydrogens is 442 g/mol. The lowest BCUT2D eigenvalue weighted by Crippen LogP contribution is -2.13. The van der Waals surface area contributed by atoms with Crippen molar-refractivity contribution < 1.29 is 18.1 Å². The molecule has 3 rings (SSSR count). The van der Waals surface area contributed by atoms with Gasteiger partial charge in [0.15, 0.2) is 0 Å². The van der Waals surface area contributed by atoms with Crippen LogP contribution in [0.3, 0.4) is 0 Å². The van der Waals surface area contributed by atoms with Crippen molar-refractivity contribution in [1.82, 2.24) is 0 Å². The Morgan fingerprint density at radius 1 is 0.903 bits per heavy atom. The molecule has 0 spiro atoms. The van der Waals surface area contributed by atoms with Crippen LogP contribution in [0, 0.1) is 10.1 Å². The Bertz CT molecular complexity index is 1220. The first-order valence-electron chi connectivity index (χ1n) is 8.85. The van der Waals surface area contributed by atoms with Gasteiger partial charge in [0.25, 0.3) is 15.7 Å². The van der Waals surface area contributed by atoms with Gasteiger partial charge in [-0.15, -0.1) is 0 Å². The van der Waals surface area contributed by atoms with Crippen LogP contribution in [0.25, 0.3) is 6.08 Å². The molecule has 0 aromatic heterocycles. The summed E-state index contributed by atoms with van der Waals surface area (Å²) in [7, 11) is -3.80. The molecule has 3 aromatic carbocycles. The Hall–Kier alpha value is -3.69. The molecule has 1 amide bonds.